The number of nitrogens with zero attached hydrogens (tertiary/aromatic N) is 5. The van der Waals surface area contributed by atoms with E-state index in [4.69, 9.17) is 11.6 Å². The molecule has 1 saturated carbocycles. The summed E-state index contributed by atoms with van der Waals surface area (Å²) in [7, 11) is 0. The Morgan fingerprint density at radius 1 is 1.06 bits per heavy atom. The zero-order chi connectivity index (χ0) is 22.4. The molecule has 3 heterocycles. The van der Waals surface area contributed by atoms with Crippen LogP contribution in [-0.4, -0.2) is 30.5 Å². The van der Waals surface area contributed by atoms with Gasteiger partial charge in [0.1, 0.15) is 6.54 Å². The summed E-state index contributed by atoms with van der Waals surface area (Å²) >= 11 is 5.98. The first-order chi connectivity index (χ1) is 15.4. The average molecular weight is 449 g/mol. The van der Waals surface area contributed by atoms with E-state index in [1.165, 1.54) is 18.4 Å². The SMILES string of the molecule is Cc1nn(Cc2ccc(Cl)cc2)c(C)c1NC(=O)Cn1nc(C)c2c(C3CC3)ccnc21. The number of nitrogens with one attached hydrogen (secondary N) is 1. The smallest absolute Gasteiger partial charge is 0.246 e. The number of hydrogen-bond acceptors (Lipinski definition) is 4. The van der Waals surface area contributed by atoms with E-state index in [9.17, 15) is 4.79 Å². The summed E-state index contributed by atoms with van der Waals surface area (Å²) in [6.45, 7) is 6.56. The first-order valence-corrected chi connectivity index (χ1v) is 11.2. The number of benzene rings is 1. The standard InChI is InChI=1S/C24H25ClN6O/c1-14-22-20(18-6-7-18)10-11-26-24(22)31(28-14)13-21(32)27-23-15(2)29-30(16(23)3)12-17-4-8-19(25)9-5-17/h4-5,8-11,18H,6-7,12-13H2,1-3H3,(H,27,32). The molecule has 5 rings (SSSR count). The molecular formula is C24H25ClN6O. The number of fused-ring (bicyclic) bond motifs is 1. The lowest BCUT2D eigenvalue weighted by molar-refractivity contribution is -0.116. The molecule has 164 valence electrons. The van der Waals surface area contributed by atoms with Crippen LogP contribution in [0.2, 0.25) is 5.02 Å². The Morgan fingerprint density at radius 2 is 1.78 bits per heavy atom. The van der Waals surface area contributed by atoms with Crippen molar-refractivity contribution in [2.24, 2.45) is 0 Å². The molecule has 0 bridgehead atoms. The summed E-state index contributed by atoms with van der Waals surface area (Å²) in [4.78, 5) is 17.4. The lowest BCUT2D eigenvalue weighted by Crippen LogP contribution is -2.20. The number of carbonyl (C=O) groups excluding carboxylic acids is 1. The highest BCUT2D eigenvalue weighted by molar-refractivity contribution is 6.30. The Balaban J connectivity index is 1.35. The third kappa shape index (κ3) is 3.88. The van der Waals surface area contributed by atoms with E-state index in [2.05, 4.69) is 26.6 Å². The maximum absolute atomic E-state index is 12.9. The van der Waals surface area contributed by atoms with Crippen molar-refractivity contribution in [2.45, 2.75) is 52.6 Å². The number of hydrogen-bond donors (Lipinski definition) is 1. The van der Waals surface area contributed by atoms with Gasteiger partial charge in [-0.2, -0.15) is 10.2 Å². The molecule has 1 aliphatic carbocycles. The number of pyridine rings is 1. The second-order valence-electron chi connectivity index (χ2n) is 8.49. The topological polar surface area (TPSA) is 77.6 Å². The van der Waals surface area contributed by atoms with Crippen LogP contribution in [0.15, 0.2) is 36.5 Å². The normalized spacial score (nSPS) is 13.6. The summed E-state index contributed by atoms with van der Waals surface area (Å²) in [6, 6.07) is 9.77. The van der Waals surface area contributed by atoms with Gasteiger partial charge in [-0.1, -0.05) is 23.7 Å². The van der Waals surface area contributed by atoms with Crippen LogP contribution in [-0.2, 0) is 17.9 Å². The first kappa shape index (κ1) is 20.7. The highest BCUT2D eigenvalue weighted by Crippen LogP contribution is 2.43. The van der Waals surface area contributed by atoms with Gasteiger partial charge in [-0.15, -0.1) is 0 Å². The fourth-order valence-electron chi connectivity index (χ4n) is 4.26. The van der Waals surface area contributed by atoms with Crippen molar-refractivity contribution in [3.8, 4) is 0 Å². The molecule has 0 spiro atoms. The largest absolute Gasteiger partial charge is 0.321 e. The van der Waals surface area contributed by atoms with Crippen LogP contribution in [0.4, 0.5) is 5.69 Å². The van der Waals surface area contributed by atoms with E-state index in [1.807, 2.05) is 55.9 Å². The Hall–Kier alpha value is -3.19. The van der Waals surface area contributed by atoms with E-state index in [0.717, 1.165) is 39.4 Å². The van der Waals surface area contributed by atoms with Gasteiger partial charge in [-0.25, -0.2) is 9.67 Å². The molecule has 1 N–H and O–H groups in total. The molecule has 32 heavy (non-hydrogen) atoms. The van der Waals surface area contributed by atoms with Crippen LogP contribution in [0.25, 0.3) is 11.0 Å². The third-order valence-electron chi connectivity index (χ3n) is 6.04. The van der Waals surface area contributed by atoms with E-state index in [-0.39, 0.29) is 12.5 Å². The average Bonchev–Trinajstić information content (AvgIpc) is 3.53. The zero-order valence-electron chi connectivity index (χ0n) is 18.4. The monoisotopic (exact) mass is 448 g/mol. The Morgan fingerprint density at radius 3 is 2.50 bits per heavy atom. The van der Waals surface area contributed by atoms with E-state index in [0.29, 0.717) is 17.5 Å². The Bertz CT molecular complexity index is 1320. The number of rotatable bonds is 6. The van der Waals surface area contributed by atoms with E-state index in [1.54, 1.807) is 4.68 Å². The molecule has 0 saturated heterocycles. The Kier molecular flexibility index (Phi) is 5.21. The number of aryl methyl sites for hydroxylation is 2. The fourth-order valence-corrected chi connectivity index (χ4v) is 4.39. The van der Waals surface area contributed by atoms with Crippen molar-refractivity contribution in [1.82, 2.24) is 24.5 Å². The Labute approximate surface area is 191 Å². The van der Waals surface area contributed by atoms with Gasteiger partial charge >= 0.3 is 0 Å². The lowest BCUT2D eigenvalue weighted by Gasteiger charge is -2.08. The first-order valence-electron chi connectivity index (χ1n) is 10.8. The van der Waals surface area contributed by atoms with Gasteiger partial charge in [0.2, 0.25) is 5.91 Å². The molecule has 0 atom stereocenters. The summed E-state index contributed by atoms with van der Waals surface area (Å²) in [5.74, 6) is 0.452. The molecule has 8 heteroatoms. The van der Waals surface area contributed by atoms with Crippen LogP contribution in [0.1, 0.15) is 47.0 Å². The minimum atomic E-state index is -0.148. The van der Waals surface area contributed by atoms with Crippen LogP contribution in [0.3, 0.4) is 0 Å². The highest BCUT2D eigenvalue weighted by atomic mass is 35.5. The maximum Gasteiger partial charge on any atom is 0.246 e. The minimum absolute atomic E-state index is 0.104. The second-order valence-corrected chi connectivity index (χ2v) is 8.93. The van der Waals surface area contributed by atoms with E-state index < -0.39 is 0 Å². The quantitative estimate of drug-likeness (QED) is 0.460. The third-order valence-corrected chi connectivity index (χ3v) is 6.29. The summed E-state index contributed by atoms with van der Waals surface area (Å²) in [5, 5.41) is 14.1. The maximum atomic E-state index is 12.9. The summed E-state index contributed by atoms with van der Waals surface area (Å²) in [5.41, 5.74) is 6.51. The molecule has 1 aromatic carbocycles. The van der Waals surface area contributed by atoms with Crippen LogP contribution >= 0.6 is 11.6 Å². The number of halogens is 1. The summed E-state index contributed by atoms with van der Waals surface area (Å²) in [6.07, 6.45) is 4.24. The zero-order valence-corrected chi connectivity index (χ0v) is 19.1. The molecule has 1 fully saturated rings. The van der Waals surface area contributed by atoms with Crippen molar-refractivity contribution in [1.29, 1.82) is 0 Å². The molecule has 3 aromatic heterocycles. The van der Waals surface area contributed by atoms with Gasteiger partial charge in [-0.3, -0.25) is 9.48 Å². The van der Waals surface area contributed by atoms with Gasteiger partial charge in [-0.05, 0) is 68.9 Å². The molecule has 4 aromatic rings. The fraction of sp³-hybridized carbons (Fsp3) is 0.333. The van der Waals surface area contributed by atoms with Crippen molar-refractivity contribution in [3.63, 3.8) is 0 Å². The van der Waals surface area contributed by atoms with Gasteiger partial charge in [0.05, 0.1) is 29.3 Å². The van der Waals surface area contributed by atoms with Crippen LogP contribution in [0, 0.1) is 20.8 Å². The number of amides is 1. The van der Waals surface area contributed by atoms with Gasteiger partial charge in [0.15, 0.2) is 5.65 Å². The van der Waals surface area contributed by atoms with Crippen molar-refractivity contribution in [2.75, 3.05) is 5.32 Å². The van der Waals surface area contributed by atoms with Crippen molar-refractivity contribution in [3.05, 3.63) is 69.8 Å². The lowest BCUT2D eigenvalue weighted by atomic mass is 10.1. The summed E-state index contributed by atoms with van der Waals surface area (Å²) < 4.78 is 3.60. The molecular weight excluding hydrogens is 424 g/mol. The predicted molar refractivity (Wildman–Crippen MR) is 125 cm³/mol. The van der Waals surface area contributed by atoms with E-state index >= 15 is 0 Å². The van der Waals surface area contributed by atoms with Crippen LogP contribution < -0.4 is 5.32 Å². The van der Waals surface area contributed by atoms with Gasteiger partial charge < -0.3 is 5.32 Å². The number of aromatic nitrogens is 5. The van der Waals surface area contributed by atoms with Crippen LogP contribution in [0.5, 0.6) is 0 Å². The molecule has 1 amide bonds. The predicted octanol–water partition coefficient (Wildman–Crippen LogP) is 4.77. The molecule has 0 aliphatic heterocycles. The molecule has 0 unspecified atom stereocenters. The highest BCUT2D eigenvalue weighted by Gasteiger charge is 2.28. The molecule has 7 nitrogen and oxygen atoms in total. The number of anilines is 1. The number of carbonyl (C=O) groups is 1. The molecule has 0 radical (unpaired) electrons. The van der Waals surface area contributed by atoms with Gasteiger partial charge in [0.25, 0.3) is 0 Å². The minimum Gasteiger partial charge on any atom is -0.321 e. The molecule has 1 aliphatic rings. The second kappa shape index (κ2) is 8.06. The van der Waals surface area contributed by atoms with Gasteiger partial charge in [0, 0.05) is 16.6 Å². The van der Waals surface area contributed by atoms with Crippen molar-refractivity contribution >= 4 is 34.2 Å². The van der Waals surface area contributed by atoms with Crippen molar-refractivity contribution < 1.29 is 4.79 Å².